The van der Waals surface area contributed by atoms with Gasteiger partial charge in [-0.15, -0.1) is 11.3 Å². The molecule has 0 aliphatic heterocycles. The van der Waals surface area contributed by atoms with Crippen molar-refractivity contribution in [2.75, 3.05) is 25.1 Å². The Hall–Kier alpha value is -2.65. The molecule has 128 valence electrons. The summed E-state index contributed by atoms with van der Waals surface area (Å²) in [5, 5.41) is 10.4. The molecule has 0 amide bonds. The highest BCUT2D eigenvalue weighted by molar-refractivity contribution is 7.19. The van der Waals surface area contributed by atoms with Crippen molar-refractivity contribution >= 4 is 27.4 Å². The molecule has 5 nitrogen and oxygen atoms in total. The first kappa shape index (κ1) is 17.2. The summed E-state index contributed by atoms with van der Waals surface area (Å²) < 4.78 is 5.22. The molecule has 3 aromatic rings. The van der Waals surface area contributed by atoms with Crippen molar-refractivity contribution in [3.05, 3.63) is 34.7 Å². The Morgan fingerprint density at radius 3 is 2.40 bits per heavy atom. The fourth-order valence-electron chi connectivity index (χ4n) is 2.85. The van der Waals surface area contributed by atoms with Crippen LogP contribution in [0.25, 0.3) is 21.6 Å². The number of thiophene rings is 1. The minimum absolute atomic E-state index is 0.669. The van der Waals surface area contributed by atoms with Gasteiger partial charge in [-0.3, -0.25) is 0 Å². The number of nitrogens with zero attached hydrogens (tertiary/aromatic N) is 4. The Morgan fingerprint density at radius 1 is 1.16 bits per heavy atom. The molecular weight excluding hydrogens is 332 g/mol. The minimum Gasteiger partial charge on any atom is -0.497 e. The Balaban J connectivity index is 2.25. The van der Waals surface area contributed by atoms with E-state index in [1.54, 1.807) is 7.11 Å². The van der Waals surface area contributed by atoms with Crippen molar-refractivity contribution in [3.63, 3.8) is 0 Å². The average Bonchev–Trinajstić information content (AvgIpc) is 2.98. The normalized spacial score (nSPS) is 10.7. The summed E-state index contributed by atoms with van der Waals surface area (Å²) in [5.41, 5.74) is 1.89. The third-order valence-corrected chi connectivity index (χ3v) is 5.37. The number of aromatic nitrogens is 2. The zero-order valence-corrected chi connectivity index (χ0v) is 15.6. The number of anilines is 1. The molecule has 0 N–H and O–H groups in total. The summed E-state index contributed by atoms with van der Waals surface area (Å²) in [4.78, 5) is 13.3. The van der Waals surface area contributed by atoms with Crippen molar-refractivity contribution < 1.29 is 4.74 Å². The molecule has 0 spiro atoms. The number of hydrogen-bond acceptors (Lipinski definition) is 6. The van der Waals surface area contributed by atoms with Gasteiger partial charge in [-0.25, -0.2) is 9.97 Å². The van der Waals surface area contributed by atoms with Crippen LogP contribution in [0.15, 0.2) is 24.3 Å². The second-order valence-corrected chi connectivity index (χ2v) is 6.62. The molecule has 0 saturated heterocycles. The molecule has 3 rings (SSSR count). The van der Waals surface area contributed by atoms with E-state index in [0.29, 0.717) is 10.7 Å². The summed E-state index contributed by atoms with van der Waals surface area (Å²) in [5.74, 6) is 2.37. The van der Waals surface area contributed by atoms with E-state index >= 15 is 0 Å². The molecule has 0 unspecified atom stereocenters. The smallest absolute Gasteiger partial charge is 0.163 e. The van der Waals surface area contributed by atoms with Gasteiger partial charge in [-0.05, 0) is 50.6 Å². The Morgan fingerprint density at radius 2 is 1.84 bits per heavy atom. The van der Waals surface area contributed by atoms with Crippen LogP contribution in [-0.2, 0) is 0 Å². The van der Waals surface area contributed by atoms with Gasteiger partial charge < -0.3 is 9.64 Å². The van der Waals surface area contributed by atoms with Crippen LogP contribution in [0, 0.1) is 18.3 Å². The summed E-state index contributed by atoms with van der Waals surface area (Å²) in [6, 6.07) is 10.00. The standard InChI is InChI=1S/C19H20N4OS/c1-5-23(6-2)18-16-12(3)15(11-20)25-19(16)22-17(21-18)13-7-9-14(24-4)10-8-13/h7-10H,5-6H2,1-4H3. The Labute approximate surface area is 151 Å². The molecule has 0 bridgehead atoms. The van der Waals surface area contributed by atoms with Crippen LogP contribution in [0.2, 0.25) is 0 Å². The lowest BCUT2D eigenvalue weighted by Crippen LogP contribution is -2.23. The second-order valence-electron chi connectivity index (χ2n) is 5.62. The quantitative estimate of drug-likeness (QED) is 0.681. The van der Waals surface area contributed by atoms with E-state index in [4.69, 9.17) is 14.7 Å². The molecule has 0 aliphatic carbocycles. The van der Waals surface area contributed by atoms with Crippen LogP contribution in [0.3, 0.4) is 0 Å². The first-order chi connectivity index (χ1) is 12.1. The van der Waals surface area contributed by atoms with Gasteiger partial charge in [0.15, 0.2) is 5.82 Å². The predicted octanol–water partition coefficient (Wildman–Crippen LogP) is 4.39. The maximum Gasteiger partial charge on any atom is 0.163 e. The van der Waals surface area contributed by atoms with E-state index in [9.17, 15) is 5.26 Å². The summed E-state index contributed by atoms with van der Waals surface area (Å²) in [7, 11) is 1.65. The number of benzene rings is 1. The number of aryl methyl sites for hydroxylation is 1. The monoisotopic (exact) mass is 352 g/mol. The summed E-state index contributed by atoms with van der Waals surface area (Å²) >= 11 is 1.43. The number of nitriles is 1. The molecule has 0 saturated carbocycles. The topological polar surface area (TPSA) is 62.0 Å². The van der Waals surface area contributed by atoms with Gasteiger partial charge in [-0.2, -0.15) is 5.26 Å². The maximum absolute atomic E-state index is 9.39. The third-order valence-electron chi connectivity index (χ3n) is 4.28. The third kappa shape index (κ3) is 3.03. The van der Waals surface area contributed by atoms with Gasteiger partial charge in [0.25, 0.3) is 0 Å². The highest BCUT2D eigenvalue weighted by Gasteiger charge is 2.19. The zero-order chi connectivity index (χ0) is 18.0. The lowest BCUT2D eigenvalue weighted by molar-refractivity contribution is 0.415. The molecule has 2 aromatic heterocycles. The van der Waals surface area contributed by atoms with Crippen LogP contribution in [0.5, 0.6) is 5.75 Å². The molecule has 2 heterocycles. The summed E-state index contributed by atoms with van der Waals surface area (Å²) in [6.07, 6.45) is 0. The van der Waals surface area contributed by atoms with E-state index in [2.05, 4.69) is 24.8 Å². The zero-order valence-electron chi connectivity index (χ0n) is 14.8. The van der Waals surface area contributed by atoms with Gasteiger partial charge in [0.2, 0.25) is 0 Å². The van der Waals surface area contributed by atoms with Crippen LogP contribution >= 0.6 is 11.3 Å². The molecule has 25 heavy (non-hydrogen) atoms. The highest BCUT2D eigenvalue weighted by Crippen LogP contribution is 2.36. The largest absolute Gasteiger partial charge is 0.497 e. The molecule has 0 fully saturated rings. The van der Waals surface area contributed by atoms with Gasteiger partial charge in [0.05, 0.1) is 12.5 Å². The maximum atomic E-state index is 9.39. The van der Waals surface area contributed by atoms with Gasteiger partial charge in [0, 0.05) is 18.7 Å². The number of methoxy groups -OCH3 is 1. The second kappa shape index (κ2) is 7.08. The van der Waals surface area contributed by atoms with Crippen LogP contribution in [0.4, 0.5) is 5.82 Å². The number of hydrogen-bond donors (Lipinski definition) is 0. The highest BCUT2D eigenvalue weighted by atomic mass is 32.1. The van der Waals surface area contributed by atoms with E-state index in [1.165, 1.54) is 11.3 Å². The Bertz CT molecular complexity index is 937. The number of ether oxygens (including phenoxy) is 1. The van der Waals surface area contributed by atoms with Crippen LogP contribution < -0.4 is 9.64 Å². The Kier molecular flexibility index (Phi) is 4.86. The predicted molar refractivity (Wildman–Crippen MR) is 102 cm³/mol. The lowest BCUT2D eigenvalue weighted by atomic mass is 10.1. The van der Waals surface area contributed by atoms with Crippen molar-refractivity contribution in [1.29, 1.82) is 5.26 Å². The minimum atomic E-state index is 0.669. The first-order valence-electron chi connectivity index (χ1n) is 8.23. The number of fused-ring (bicyclic) bond motifs is 1. The fourth-order valence-corrected chi connectivity index (χ4v) is 3.82. The average molecular weight is 352 g/mol. The van der Waals surface area contributed by atoms with Crippen molar-refractivity contribution in [1.82, 2.24) is 9.97 Å². The summed E-state index contributed by atoms with van der Waals surface area (Å²) in [6.45, 7) is 7.89. The molecule has 0 radical (unpaired) electrons. The van der Waals surface area contributed by atoms with Crippen molar-refractivity contribution in [2.24, 2.45) is 0 Å². The first-order valence-corrected chi connectivity index (χ1v) is 9.05. The van der Waals surface area contributed by atoms with Crippen LogP contribution in [0.1, 0.15) is 24.3 Å². The molecule has 0 aliphatic rings. The van der Waals surface area contributed by atoms with E-state index in [-0.39, 0.29) is 0 Å². The van der Waals surface area contributed by atoms with E-state index in [0.717, 1.165) is 46.0 Å². The van der Waals surface area contributed by atoms with Crippen molar-refractivity contribution in [3.8, 4) is 23.2 Å². The fraction of sp³-hybridized carbons (Fsp3) is 0.316. The SMILES string of the molecule is CCN(CC)c1nc(-c2ccc(OC)cc2)nc2sc(C#N)c(C)c12. The van der Waals surface area contributed by atoms with Gasteiger partial charge >= 0.3 is 0 Å². The van der Waals surface area contributed by atoms with E-state index < -0.39 is 0 Å². The van der Waals surface area contributed by atoms with Crippen LogP contribution in [-0.4, -0.2) is 30.2 Å². The van der Waals surface area contributed by atoms with Crippen molar-refractivity contribution in [2.45, 2.75) is 20.8 Å². The van der Waals surface area contributed by atoms with Gasteiger partial charge in [-0.1, -0.05) is 0 Å². The van der Waals surface area contributed by atoms with E-state index in [1.807, 2.05) is 31.2 Å². The molecular formula is C19H20N4OS. The molecule has 6 heteroatoms. The van der Waals surface area contributed by atoms with Gasteiger partial charge in [0.1, 0.15) is 27.3 Å². The lowest BCUT2D eigenvalue weighted by Gasteiger charge is -2.21. The molecule has 1 aromatic carbocycles. The number of rotatable bonds is 5. The molecule has 0 atom stereocenters.